The molecule has 0 heterocycles. The number of esters is 3. The molecule has 3 aromatic rings. The van der Waals surface area contributed by atoms with Gasteiger partial charge in [0.05, 0.1) is 0 Å². The zero-order valence-electron chi connectivity index (χ0n) is 20.8. The molecule has 3 aromatic carbocycles. The number of allylic oxidation sites excluding steroid dienone is 1. The van der Waals surface area contributed by atoms with Crippen molar-refractivity contribution in [1.29, 1.82) is 0 Å². The maximum absolute atomic E-state index is 12.6. The SMILES string of the molecule is C=C(C)C(=O)Oc1ccc(-c2ccc(-c3ccc(OC(=O)CC)cc3)c(OC(=O)/C(C)=C/C)c2)cc1. The Labute approximate surface area is 210 Å². The summed E-state index contributed by atoms with van der Waals surface area (Å²) in [6, 6.07) is 19.6. The fourth-order valence-corrected chi connectivity index (χ4v) is 3.14. The standard InChI is InChI=1S/C30H28O6/c1-6-20(5)30(33)36-27-18-23(21-8-13-25(14-9-21)35-29(32)19(3)4)12-17-26(27)22-10-15-24(16-11-22)34-28(31)7-2/h6,8-18H,3,7H2,1-2,4-5H3/b20-6+. The van der Waals surface area contributed by atoms with Gasteiger partial charge < -0.3 is 14.2 Å². The van der Waals surface area contributed by atoms with Crippen molar-refractivity contribution in [3.63, 3.8) is 0 Å². The summed E-state index contributed by atoms with van der Waals surface area (Å²) in [5.74, 6) is -0.0260. The molecular weight excluding hydrogens is 456 g/mol. The van der Waals surface area contributed by atoms with Gasteiger partial charge in [-0.25, -0.2) is 9.59 Å². The molecule has 0 radical (unpaired) electrons. The second-order valence-corrected chi connectivity index (χ2v) is 8.12. The average molecular weight is 485 g/mol. The smallest absolute Gasteiger partial charge is 0.338 e. The van der Waals surface area contributed by atoms with Gasteiger partial charge in [0.25, 0.3) is 0 Å². The highest BCUT2D eigenvalue weighted by Crippen LogP contribution is 2.36. The molecule has 0 N–H and O–H groups in total. The second-order valence-electron chi connectivity index (χ2n) is 8.12. The average Bonchev–Trinajstić information content (AvgIpc) is 2.89. The maximum Gasteiger partial charge on any atom is 0.338 e. The third kappa shape index (κ3) is 6.57. The molecule has 184 valence electrons. The molecule has 0 atom stereocenters. The highest BCUT2D eigenvalue weighted by molar-refractivity contribution is 5.91. The van der Waals surface area contributed by atoms with Crippen LogP contribution >= 0.6 is 0 Å². The van der Waals surface area contributed by atoms with E-state index in [1.54, 1.807) is 76.2 Å². The minimum atomic E-state index is -0.490. The summed E-state index contributed by atoms with van der Waals surface area (Å²) in [5.41, 5.74) is 3.95. The molecule has 0 saturated carbocycles. The first-order chi connectivity index (χ1) is 17.2. The van der Waals surface area contributed by atoms with Gasteiger partial charge in [-0.2, -0.15) is 0 Å². The van der Waals surface area contributed by atoms with Crippen LogP contribution in [-0.4, -0.2) is 17.9 Å². The van der Waals surface area contributed by atoms with Crippen LogP contribution < -0.4 is 14.2 Å². The van der Waals surface area contributed by atoms with E-state index in [0.29, 0.717) is 34.0 Å². The van der Waals surface area contributed by atoms with Crippen LogP contribution in [0.15, 0.2) is 90.5 Å². The van der Waals surface area contributed by atoms with E-state index < -0.39 is 11.9 Å². The third-order valence-corrected chi connectivity index (χ3v) is 5.37. The van der Waals surface area contributed by atoms with E-state index >= 15 is 0 Å². The van der Waals surface area contributed by atoms with E-state index in [1.165, 1.54) is 0 Å². The number of rotatable bonds is 8. The first kappa shape index (κ1) is 26.2. The molecule has 0 spiro atoms. The lowest BCUT2D eigenvalue weighted by Crippen LogP contribution is -2.10. The molecule has 0 bridgehead atoms. The largest absolute Gasteiger partial charge is 0.427 e. The highest BCUT2D eigenvalue weighted by atomic mass is 16.5. The molecule has 0 aliphatic rings. The van der Waals surface area contributed by atoms with Crippen molar-refractivity contribution in [3.8, 4) is 39.5 Å². The van der Waals surface area contributed by atoms with E-state index in [1.807, 2.05) is 24.3 Å². The van der Waals surface area contributed by atoms with E-state index in [4.69, 9.17) is 14.2 Å². The maximum atomic E-state index is 12.6. The van der Waals surface area contributed by atoms with Crippen molar-refractivity contribution in [1.82, 2.24) is 0 Å². The summed E-state index contributed by atoms with van der Waals surface area (Å²) in [5, 5.41) is 0. The topological polar surface area (TPSA) is 78.9 Å². The summed E-state index contributed by atoms with van der Waals surface area (Å²) < 4.78 is 16.3. The van der Waals surface area contributed by atoms with Crippen molar-refractivity contribution >= 4 is 17.9 Å². The lowest BCUT2D eigenvalue weighted by molar-refractivity contribution is -0.134. The Morgan fingerprint density at radius 3 is 1.86 bits per heavy atom. The molecule has 36 heavy (non-hydrogen) atoms. The Morgan fingerprint density at radius 1 is 0.750 bits per heavy atom. The molecule has 0 unspecified atom stereocenters. The van der Waals surface area contributed by atoms with Crippen molar-refractivity contribution in [2.45, 2.75) is 34.1 Å². The van der Waals surface area contributed by atoms with Gasteiger partial charge in [0.1, 0.15) is 17.2 Å². The van der Waals surface area contributed by atoms with Gasteiger partial charge in [0.15, 0.2) is 0 Å². The summed E-state index contributed by atoms with van der Waals surface area (Å²) in [7, 11) is 0. The number of benzene rings is 3. The quantitative estimate of drug-likeness (QED) is 0.201. The lowest BCUT2D eigenvalue weighted by Gasteiger charge is -2.14. The normalized spacial score (nSPS) is 10.9. The molecule has 6 heteroatoms. The molecule has 0 aliphatic carbocycles. The van der Waals surface area contributed by atoms with Gasteiger partial charge in [0, 0.05) is 23.1 Å². The molecule has 3 rings (SSSR count). The lowest BCUT2D eigenvalue weighted by atomic mass is 9.99. The fourth-order valence-electron chi connectivity index (χ4n) is 3.14. The van der Waals surface area contributed by atoms with E-state index in [9.17, 15) is 14.4 Å². The van der Waals surface area contributed by atoms with Crippen molar-refractivity contribution in [2.24, 2.45) is 0 Å². The van der Waals surface area contributed by atoms with Crippen LogP contribution in [0, 0.1) is 0 Å². The van der Waals surface area contributed by atoms with Gasteiger partial charge in [-0.15, -0.1) is 0 Å². The first-order valence-corrected chi connectivity index (χ1v) is 11.5. The fraction of sp³-hybridized carbons (Fsp3) is 0.167. The van der Waals surface area contributed by atoms with E-state index in [2.05, 4.69) is 6.58 Å². The van der Waals surface area contributed by atoms with Crippen molar-refractivity contribution in [3.05, 3.63) is 90.5 Å². The van der Waals surface area contributed by atoms with Crippen LogP contribution in [0.4, 0.5) is 0 Å². The molecule has 0 saturated heterocycles. The highest BCUT2D eigenvalue weighted by Gasteiger charge is 2.15. The summed E-state index contributed by atoms with van der Waals surface area (Å²) >= 11 is 0. The number of carbonyl (C=O) groups excluding carboxylic acids is 3. The monoisotopic (exact) mass is 484 g/mol. The van der Waals surface area contributed by atoms with Crippen LogP contribution in [-0.2, 0) is 14.4 Å². The predicted octanol–water partition coefficient (Wildman–Crippen LogP) is 6.69. The Balaban J connectivity index is 1.95. The number of hydrogen-bond donors (Lipinski definition) is 0. The predicted molar refractivity (Wildman–Crippen MR) is 139 cm³/mol. The summed E-state index contributed by atoms with van der Waals surface area (Å²) in [4.78, 5) is 35.9. The summed E-state index contributed by atoms with van der Waals surface area (Å²) in [6.45, 7) is 10.4. The van der Waals surface area contributed by atoms with Crippen molar-refractivity contribution in [2.75, 3.05) is 0 Å². The molecular formula is C30H28O6. The minimum Gasteiger partial charge on any atom is -0.427 e. The van der Waals surface area contributed by atoms with Gasteiger partial charge in [-0.1, -0.05) is 56.0 Å². The van der Waals surface area contributed by atoms with E-state index in [0.717, 1.165) is 16.7 Å². The Morgan fingerprint density at radius 2 is 1.31 bits per heavy atom. The number of ether oxygens (including phenoxy) is 3. The minimum absolute atomic E-state index is 0.283. The summed E-state index contributed by atoms with van der Waals surface area (Å²) in [6.07, 6.45) is 1.97. The number of hydrogen-bond acceptors (Lipinski definition) is 6. The van der Waals surface area contributed by atoms with Crippen LogP contribution in [0.1, 0.15) is 34.1 Å². The van der Waals surface area contributed by atoms with Crippen LogP contribution in [0.5, 0.6) is 17.2 Å². The molecule has 0 fully saturated rings. The van der Waals surface area contributed by atoms with Gasteiger partial charge in [0.2, 0.25) is 0 Å². The molecule has 0 aliphatic heterocycles. The zero-order valence-corrected chi connectivity index (χ0v) is 20.8. The Bertz CT molecular complexity index is 1310. The number of carbonyl (C=O) groups is 3. The molecule has 0 amide bonds. The van der Waals surface area contributed by atoms with Gasteiger partial charge in [-0.05, 0) is 67.8 Å². The van der Waals surface area contributed by atoms with E-state index in [-0.39, 0.29) is 12.4 Å². The first-order valence-electron chi connectivity index (χ1n) is 11.5. The van der Waals surface area contributed by atoms with Gasteiger partial charge in [-0.3, -0.25) is 4.79 Å². The molecule has 0 aromatic heterocycles. The zero-order chi connectivity index (χ0) is 26.2. The van der Waals surface area contributed by atoms with Gasteiger partial charge >= 0.3 is 17.9 Å². The molecule has 6 nitrogen and oxygen atoms in total. The van der Waals surface area contributed by atoms with Crippen LogP contribution in [0.25, 0.3) is 22.3 Å². The Kier molecular flexibility index (Phi) is 8.57. The van der Waals surface area contributed by atoms with Crippen LogP contribution in [0.2, 0.25) is 0 Å². The Hall–Kier alpha value is -4.45. The second kappa shape index (κ2) is 11.8. The van der Waals surface area contributed by atoms with Crippen LogP contribution in [0.3, 0.4) is 0 Å². The third-order valence-electron chi connectivity index (χ3n) is 5.37. The van der Waals surface area contributed by atoms with Crippen molar-refractivity contribution < 1.29 is 28.6 Å².